The maximum atomic E-state index is 13.3. The molecule has 135 heavy (non-hydrogen) atoms. The lowest BCUT2D eigenvalue weighted by molar-refractivity contribution is -0.128. The molecule has 3 spiro atoms. The zero-order valence-corrected chi connectivity index (χ0v) is 77.2. The van der Waals surface area contributed by atoms with E-state index in [-0.39, 0.29) is 81.2 Å². The number of piperidine rings is 1. The number of ether oxygens (including phenoxy) is 7. The number of carbonyl (C=O) groups is 2. The van der Waals surface area contributed by atoms with Gasteiger partial charge in [-0.2, -0.15) is 45.7 Å². The van der Waals surface area contributed by atoms with Gasteiger partial charge in [0, 0.05) is 166 Å². The second-order valence-electron chi connectivity index (χ2n) is 38.5. The van der Waals surface area contributed by atoms with E-state index in [2.05, 4.69) is 217 Å². The molecule has 9 fully saturated rings. The number of nitriles is 3. The van der Waals surface area contributed by atoms with E-state index in [0.717, 1.165) is 162 Å². The predicted octanol–water partition coefficient (Wildman–Crippen LogP) is 14.2. The summed E-state index contributed by atoms with van der Waals surface area (Å²) >= 11 is 0. The van der Waals surface area contributed by atoms with Gasteiger partial charge in [0.15, 0.2) is 0 Å². The highest BCUT2D eigenvalue weighted by atomic mass is 16.6. The lowest BCUT2D eigenvalue weighted by Crippen LogP contribution is -2.55. The average molecular weight is 1830 g/mol. The molecule has 12 aliphatic rings. The molecule has 22 rings (SSSR count). The summed E-state index contributed by atoms with van der Waals surface area (Å²) in [6.45, 7) is 19.2. The number of likely N-dealkylation sites (N-methyl/N-ethyl adjacent to an activating group) is 3. The molecule has 29 heteroatoms. The summed E-state index contributed by atoms with van der Waals surface area (Å²) in [7, 11) is 6.55. The van der Waals surface area contributed by atoms with Gasteiger partial charge in [0.2, 0.25) is 5.91 Å². The fraction of sp³-hybridized carbons (Fsp3) is 0.481. The van der Waals surface area contributed by atoms with Gasteiger partial charge in [-0.15, -0.1) is 0 Å². The molecular weight excluding hydrogens is 1700 g/mol. The number of benzene rings is 7. The summed E-state index contributed by atoms with van der Waals surface area (Å²) in [5, 5.41) is 36.0. The van der Waals surface area contributed by atoms with Crippen molar-refractivity contribution in [1.82, 2.24) is 54.4 Å². The van der Waals surface area contributed by atoms with Crippen LogP contribution in [0.15, 0.2) is 170 Å². The first-order valence-electron chi connectivity index (χ1n) is 48.1. The van der Waals surface area contributed by atoms with Gasteiger partial charge >= 0.3 is 24.1 Å². The minimum atomic E-state index is -0.404. The van der Waals surface area contributed by atoms with Gasteiger partial charge in [0.05, 0.1) is 99.7 Å². The summed E-state index contributed by atoms with van der Waals surface area (Å²) in [5.74, 6) is 2.90. The number of hydrogen-bond acceptors (Lipinski definition) is 27. The molecule has 704 valence electrons. The fourth-order valence-electron chi connectivity index (χ4n) is 21.5. The topological polar surface area (TPSA) is 283 Å². The van der Waals surface area contributed by atoms with E-state index in [4.69, 9.17) is 63.1 Å². The van der Waals surface area contributed by atoms with E-state index >= 15 is 0 Å². The molecule has 9 aliphatic heterocycles. The quantitative estimate of drug-likeness (QED) is 0.0604. The summed E-state index contributed by atoms with van der Waals surface area (Å²) in [4.78, 5) is 80.6. The number of nitrogens with zero attached hydrogens (tertiary/aromatic N) is 20. The molecule has 3 aliphatic carbocycles. The van der Waals surface area contributed by atoms with Gasteiger partial charge in [-0.3, -0.25) is 19.5 Å². The van der Waals surface area contributed by atoms with Gasteiger partial charge in [-0.1, -0.05) is 154 Å². The molecular formula is C106H126N20O9. The SMILES string of the molecule is C.C=CC(=O)N1CCN(c2nc(OC[C@H]3CN(C)C4(CC4)CO3)nc3c2CCN(c2cccc4ccccc24)C3)C[C@@H]1CC#N.CN1C[C@H](COc2nc3c(c(N4CCC[C@@H](CC#N)C4)n2)CCN(c2cccc4ccccc24)C3)OCC12CC2.CN1C[C@H](COc2nc3c(c(N4CCN(C(=O)OCc5ccccc5)[C@@H](CC#N)C4)n2)CCN(c2cccc4ccccc24)C3)OCC12CC2.[2HH]. The number of carbonyl (C=O) groups excluding carboxylic acids is 2. The van der Waals surface area contributed by atoms with E-state index in [1.807, 2.05) is 30.3 Å². The molecule has 3 aromatic heterocycles. The third kappa shape index (κ3) is 19.9. The van der Waals surface area contributed by atoms with Crippen LogP contribution in [-0.2, 0) is 69.2 Å². The van der Waals surface area contributed by atoms with Crippen molar-refractivity contribution in [1.29, 1.82) is 15.8 Å². The van der Waals surface area contributed by atoms with Crippen molar-refractivity contribution in [3.63, 3.8) is 0 Å². The number of anilines is 6. The highest BCUT2D eigenvalue weighted by Crippen LogP contribution is 2.48. The lowest BCUT2D eigenvalue weighted by atomic mass is 9.94. The van der Waals surface area contributed by atoms with E-state index in [1.54, 1.807) is 9.80 Å². The van der Waals surface area contributed by atoms with Crippen molar-refractivity contribution >= 4 is 78.8 Å². The number of hydrogen-bond donors (Lipinski definition) is 0. The van der Waals surface area contributed by atoms with Crippen LogP contribution in [0.1, 0.15) is 119 Å². The molecule has 0 radical (unpaired) electrons. The van der Waals surface area contributed by atoms with Crippen LogP contribution in [0.5, 0.6) is 18.0 Å². The number of morpholine rings is 3. The Balaban J connectivity index is 0.000000136. The maximum Gasteiger partial charge on any atom is 0.410 e. The molecule has 3 saturated carbocycles. The highest BCUT2D eigenvalue weighted by molar-refractivity contribution is 5.96. The van der Waals surface area contributed by atoms with Crippen molar-refractivity contribution in [3.05, 3.63) is 210 Å². The summed E-state index contributed by atoms with van der Waals surface area (Å²) in [6.07, 6.45) is 13.7. The first-order chi connectivity index (χ1) is 65.6. The number of piperazine rings is 2. The molecule has 29 nitrogen and oxygen atoms in total. The van der Waals surface area contributed by atoms with Crippen molar-refractivity contribution in [2.75, 3.05) is 182 Å². The number of aromatic nitrogens is 6. The van der Waals surface area contributed by atoms with Crippen LogP contribution in [0.4, 0.5) is 39.3 Å². The van der Waals surface area contributed by atoms with Crippen LogP contribution in [0.2, 0.25) is 0 Å². The molecule has 0 bridgehead atoms. The summed E-state index contributed by atoms with van der Waals surface area (Å²) in [6, 6.07) is 62.0. The van der Waals surface area contributed by atoms with Crippen LogP contribution >= 0.6 is 0 Å². The third-order valence-corrected chi connectivity index (χ3v) is 30.0. The smallest absolute Gasteiger partial charge is 0.410 e. The molecule has 6 atom stereocenters. The second-order valence-corrected chi connectivity index (χ2v) is 38.5. The zero-order chi connectivity index (χ0) is 91.4. The molecule has 7 aromatic carbocycles. The maximum absolute atomic E-state index is 13.3. The Labute approximate surface area is 793 Å². The first-order valence-corrected chi connectivity index (χ1v) is 48.1. The van der Waals surface area contributed by atoms with Gasteiger partial charge in [0.1, 0.15) is 62.2 Å². The molecule has 6 saturated heterocycles. The average Bonchev–Trinajstić information content (AvgIpc) is 1.72. The number of rotatable bonds is 21. The van der Waals surface area contributed by atoms with Crippen molar-refractivity contribution in [2.24, 2.45) is 5.92 Å². The minimum absolute atomic E-state index is 0. The second kappa shape index (κ2) is 40.2. The lowest BCUT2D eigenvalue weighted by Gasteiger charge is -2.42. The van der Waals surface area contributed by atoms with Crippen LogP contribution in [0.3, 0.4) is 0 Å². The number of amides is 2. The van der Waals surface area contributed by atoms with Crippen LogP contribution in [0, 0.1) is 39.9 Å². The van der Waals surface area contributed by atoms with Crippen molar-refractivity contribution in [3.8, 4) is 36.2 Å². The Hall–Kier alpha value is -12.5. The van der Waals surface area contributed by atoms with E-state index in [0.29, 0.717) is 103 Å². The highest BCUT2D eigenvalue weighted by Gasteiger charge is 2.53. The monoisotopic (exact) mass is 1820 g/mol. The van der Waals surface area contributed by atoms with E-state index in [9.17, 15) is 25.4 Å². The van der Waals surface area contributed by atoms with Gasteiger partial charge in [0.25, 0.3) is 0 Å². The Bertz CT molecular complexity index is 6090. The Morgan fingerprint density at radius 3 is 1.19 bits per heavy atom. The molecule has 10 aromatic rings. The van der Waals surface area contributed by atoms with Crippen LogP contribution in [-0.4, -0.2) is 266 Å². The fourth-order valence-corrected chi connectivity index (χ4v) is 21.5. The van der Waals surface area contributed by atoms with E-state index in [1.165, 1.54) is 99.5 Å². The van der Waals surface area contributed by atoms with Gasteiger partial charge in [-0.05, 0) is 144 Å². The molecule has 12 heterocycles. The van der Waals surface area contributed by atoms with Gasteiger partial charge in [-0.25, -0.2) is 4.79 Å². The number of fused-ring (bicyclic) bond motifs is 6. The summed E-state index contributed by atoms with van der Waals surface area (Å²) in [5.41, 5.74) is 11.6. The van der Waals surface area contributed by atoms with Crippen LogP contribution < -0.4 is 43.6 Å². The molecule has 2 amide bonds. The zero-order valence-electron chi connectivity index (χ0n) is 77.2. The first kappa shape index (κ1) is 91.6. The van der Waals surface area contributed by atoms with E-state index < -0.39 is 6.09 Å². The third-order valence-electron chi connectivity index (χ3n) is 30.0. The minimum Gasteiger partial charge on any atom is -0.461 e. The Morgan fingerprint density at radius 1 is 0.437 bits per heavy atom. The van der Waals surface area contributed by atoms with Crippen molar-refractivity contribution in [2.45, 2.75) is 171 Å². The Morgan fingerprint density at radius 2 is 0.807 bits per heavy atom. The normalized spacial score (nSPS) is 22.5. The van der Waals surface area contributed by atoms with Crippen molar-refractivity contribution < 1.29 is 44.2 Å². The van der Waals surface area contributed by atoms with Crippen LogP contribution in [0.25, 0.3) is 32.3 Å². The Kier molecular flexibility index (Phi) is 27.3. The predicted molar refractivity (Wildman–Crippen MR) is 523 cm³/mol. The molecule has 0 N–H and O–H groups in total. The summed E-state index contributed by atoms with van der Waals surface area (Å²) < 4.78 is 43.2. The van der Waals surface area contributed by atoms with Gasteiger partial charge < -0.3 is 72.4 Å². The largest absolute Gasteiger partial charge is 0.461 e. The standard InChI is InChI=1S/C39H43N7O4.C34H39N7O3.C32H38N6O2.CH4.H2/c1-43-23-31(50-27-39(43)16-17-39)26-48-37-41-34-24-44(35-13-7-11-29-10-5-6-12-32(29)35)19-15-33(34)36(42-37)45-20-21-46(30(22-45)14-18-40)38(47)49-25-28-8-3-2-4-9-28;1-3-31(42)41-18-17-40(19-25(41)11-15-35)32-28-12-16-39(30-10-6-8-24-7-4-5-9-27(24)30)21-29(28)36-33(37-32)43-22-26-20-38(2)34(13-14-34)23-44-26;1-36-19-25(40-22-32(36)13-14-32)21-39-31-34-28-20-37(29-10-4-8-24-7-2-3-9-26(24)29)17-12-27(28)30(35-31)38-16-5-6-23(18-38)11-15-33;;/h2-13,30-31H,14-17,19-27H2,1H3;3-10,25-26H,1,11-14,16-23H2,2H3;2-4,7-10,23,25H,5-6,11-14,16-22H2,1H3;1H4;1H/t30-,31+;25-,26+;23-,25+;;/m000../s1/i;;;;1+1. The molecule has 0 unspecified atom stereocenters.